The van der Waals surface area contributed by atoms with Crippen LogP contribution in [0.15, 0.2) is 41.2 Å². The van der Waals surface area contributed by atoms with Crippen LogP contribution in [0.1, 0.15) is 34.8 Å². The van der Waals surface area contributed by atoms with Gasteiger partial charge in [-0.3, -0.25) is 9.59 Å². The summed E-state index contributed by atoms with van der Waals surface area (Å²) >= 11 is 0. The van der Waals surface area contributed by atoms with Gasteiger partial charge in [-0.05, 0) is 37.1 Å². The van der Waals surface area contributed by atoms with Crippen molar-refractivity contribution in [1.29, 1.82) is 0 Å². The zero-order valence-corrected chi connectivity index (χ0v) is 13.6. The van der Waals surface area contributed by atoms with Crippen molar-refractivity contribution < 1.29 is 22.7 Å². The maximum absolute atomic E-state index is 12.2. The van der Waals surface area contributed by atoms with Gasteiger partial charge in [0.1, 0.15) is 5.75 Å². The highest BCUT2D eigenvalue weighted by atomic mass is 19.4. The van der Waals surface area contributed by atoms with Gasteiger partial charge in [-0.15, -0.1) is 13.2 Å². The average Bonchev–Trinajstić information content (AvgIpc) is 3.40. The third-order valence-electron chi connectivity index (χ3n) is 3.82. The second-order valence-corrected chi connectivity index (χ2v) is 5.93. The number of hydrogen-bond acceptors (Lipinski definition) is 4. The molecule has 1 N–H and O–H groups in total. The van der Waals surface area contributed by atoms with Crippen LogP contribution in [0.2, 0.25) is 0 Å². The number of aromatic nitrogens is 2. The number of nitrogens with zero attached hydrogens (tertiary/aromatic N) is 2. The van der Waals surface area contributed by atoms with Gasteiger partial charge in [-0.25, -0.2) is 4.68 Å². The van der Waals surface area contributed by atoms with E-state index in [0.717, 1.165) is 30.7 Å². The number of benzene rings is 1. The minimum absolute atomic E-state index is 0.0267. The average molecular weight is 367 g/mol. The zero-order valence-electron chi connectivity index (χ0n) is 13.6. The molecule has 3 rings (SSSR count). The molecule has 1 aliphatic carbocycles. The van der Waals surface area contributed by atoms with Crippen molar-refractivity contribution in [2.75, 3.05) is 6.54 Å². The molecule has 1 heterocycles. The van der Waals surface area contributed by atoms with Crippen molar-refractivity contribution in [3.05, 3.63) is 58.0 Å². The van der Waals surface area contributed by atoms with Crippen LogP contribution in [0.4, 0.5) is 13.2 Å². The number of rotatable bonds is 6. The molecule has 138 valence electrons. The van der Waals surface area contributed by atoms with Crippen molar-refractivity contribution in [3.63, 3.8) is 0 Å². The lowest BCUT2D eigenvalue weighted by molar-refractivity contribution is -0.274. The molecular formula is C17H16F3N3O3. The summed E-state index contributed by atoms with van der Waals surface area (Å²) < 4.78 is 41.8. The summed E-state index contributed by atoms with van der Waals surface area (Å²) in [6.45, 7) is 0.286. The number of carbonyl (C=O) groups is 1. The molecule has 6 nitrogen and oxygen atoms in total. The molecule has 1 saturated carbocycles. The summed E-state index contributed by atoms with van der Waals surface area (Å²) in [5.74, 6) is -0.642. The van der Waals surface area contributed by atoms with E-state index in [1.807, 2.05) is 0 Å². The first-order chi connectivity index (χ1) is 12.3. The SMILES string of the molecule is O=C(NCCn1nc(C2CC2)ccc1=O)c1cccc(OC(F)(F)F)c1. The first-order valence-corrected chi connectivity index (χ1v) is 8.04. The van der Waals surface area contributed by atoms with Gasteiger partial charge >= 0.3 is 6.36 Å². The molecule has 9 heteroatoms. The van der Waals surface area contributed by atoms with Crippen molar-refractivity contribution in [1.82, 2.24) is 15.1 Å². The van der Waals surface area contributed by atoms with Crippen LogP contribution in [0.3, 0.4) is 0 Å². The molecule has 1 amide bonds. The van der Waals surface area contributed by atoms with Crippen molar-refractivity contribution in [2.45, 2.75) is 31.7 Å². The Morgan fingerprint density at radius 3 is 2.73 bits per heavy atom. The van der Waals surface area contributed by atoms with E-state index in [1.54, 1.807) is 6.07 Å². The quantitative estimate of drug-likeness (QED) is 0.851. The van der Waals surface area contributed by atoms with E-state index in [4.69, 9.17) is 0 Å². The highest BCUT2D eigenvalue weighted by Crippen LogP contribution is 2.38. The Morgan fingerprint density at radius 1 is 1.27 bits per heavy atom. The molecule has 2 aromatic rings. The second kappa shape index (κ2) is 7.19. The van der Waals surface area contributed by atoms with Crippen molar-refractivity contribution in [3.8, 4) is 5.75 Å². The number of halogens is 3. The fourth-order valence-electron chi connectivity index (χ4n) is 2.43. The molecule has 0 spiro atoms. The van der Waals surface area contributed by atoms with Gasteiger partial charge in [0.15, 0.2) is 0 Å². The van der Waals surface area contributed by atoms with Crippen molar-refractivity contribution >= 4 is 5.91 Å². The fraction of sp³-hybridized carbons (Fsp3) is 0.353. The van der Waals surface area contributed by atoms with Crippen LogP contribution in [0, 0.1) is 0 Å². The van der Waals surface area contributed by atoms with Crippen molar-refractivity contribution in [2.24, 2.45) is 0 Å². The van der Waals surface area contributed by atoms with Gasteiger partial charge in [0, 0.05) is 24.1 Å². The molecule has 0 radical (unpaired) electrons. The lowest BCUT2D eigenvalue weighted by atomic mass is 10.2. The van der Waals surface area contributed by atoms with E-state index in [-0.39, 0.29) is 24.2 Å². The fourth-order valence-corrected chi connectivity index (χ4v) is 2.43. The van der Waals surface area contributed by atoms with Crippen LogP contribution in [-0.2, 0) is 6.54 Å². The molecular weight excluding hydrogens is 351 g/mol. The molecule has 1 aromatic heterocycles. The Labute approximate surface area is 146 Å². The third kappa shape index (κ3) is 4.84. The van der Waals surface area contributed by atoms with Crippen LogP contribution in [-0.4, -0.2) is 28.6 Å². The highest BCUT2D eigenvalue weighted by Gasteiger charge is 2.31. The molecule has 0 atom stereocenters. The van der Waals surface area contributed by atoms with Gasteiger partial charge in [0.2, 0.25) is 0 Å². The second-order valence-electron chi connectivity index (χ2n) is 5.93. The summed E-state index contributed by atoms with van der Waals surface area (Å²) in [6, 6.07) is 7.93. The van der Waals surface area contributed by atoms with Gasteiger partial charge in [-0.2, -0.15) is 5.10 Å². The minimum Gasteiger partial charge on any atom is -0.406 e. The molecule has 1 aliphatic rings. The summed E-state index contributed by atoms with van der Waals surface area (Å²) in [7, 11) is 0. The van der Waals surface area contributed by atoms with Crippen LogP contribution in [0.5, 0.6) is 5.75 Å². The predicted octanol–water partition coefficient (Wildman–Crippen LogP) is 2.45. The standard InChI is InChI=1S/C17H16F3N3O3/c18-17(19,20)26-13-3-1-2-12(10-13)16(25)21-8-9-23-15(24)7-6-14(22-23)11-4-5-11/h1-3,6-7,10-11H,4-5,8-9H2,(H,21,25). The minimum atomic E-state index is -4.82. The number of amides is 1. The topological polar surface area (TPSA) is 73.2 Å². The molecule has 0 aliphatic heterocycles. The van der Waals surface area contributed by atoms with E-state index >= 15 is 0 Å². The van der Waals surface area contributed by atoms with E-state index < -0.39 is 18.0 Å². The van der Waals surface area contributed by atoms with Crippen LogP contribution in [0.25, 0.3) is 0 Å². The normalized spacial score (nSPS) is 14.1. The van der Waals surface area contributed by atoms with Gasteiger partial charge < -0.3 is 10.1 Å². The molecule has 0 saturated heterocycles. The Kier molecular flexibility index (Phi) is 4.97. The lowest BCUT2D eigenvalue weighted by Gasteiger charge is -2.11. The number of hydrogen-bond donors (Lipinski definition) is 1. The Morgan fingerprint density at radius 2 is 2.04 bits per heavy atom. The predicted molar refractivity (Wildman–Crippen MR) is 85.9 cm³/mol. The van der Waals surface area contributed by atoms with Gasteiger partial charge in [0.05, 0.1) is 12.2 Å². The van der Waals surface area contributed by atoms with E-state index in [2.05, 4.69) is 15.2 Å². The third-order valence-corrected chi connectivity index (χ3v) is 3.82. The largest absolute Gasteiger partial charge is 0.573 e. The molecule has 1 aromatic carbocycles. The molecule has 1 fully saturated rings. The zero-order chi connectivity index (χ0) is 18.7. The molecule has 26 heavy (non-hydrogen) atoms. The van der Waals surface area contributed by atoms with Gasteiger partial charge in [0.25, 0.3) is 11.5 Å². The number of ether oxygens (including phenoxy) is 1. The summed E-state index contributed by atoms with van der Waals surface area (Å²) in [5.41, 5.74) is 0.607. The van der Waals surface area contributed by atoms with E-state index in [9.17, 15) is 22.8 Å². The number of nitrogens with one attached hydrogen (secondary N) is 1. The number of alkyl halides is 3. The highest BCUT2D eigenvalue weighted by molar-refractivity contribution is 5.94. The monoisotopic (exact) mass is 367 g/mol. The first kappa shape index (κ1) is 18.0. The Balaban J connectivity index is 1.58. The first-order valence-electron chi connectivity index (χ1n) is 8.04. The van der Waals surface area contributed by atoms with Gasteiger partial charge in [-0.1, -0.05) is 6.07 Å². The number of carbonyl (C=O) groups excluding carboxylic acids is 1. The van der Waals surface area contributed by atoms with E-state index in [0.29, 0.717) is 5.92 Å². The Bertz CT molecular complexity index is 860. The Hall–Kier alpha value is -2.84. The van der Waals surface area contributed by atoms with Crippen LogP contribution >= 0.6 is 0 Å². The summed E-state index contributed by atoms with van der Waals surface area (Å²) in [6.07, 6.45) is -2.72. The maximum Gasteiger partial charge on any atom is 0.573 e. The van der Waals surface area contributed by atoms with E-state index in [1.165, 1.54) is 22.9 Å². The summed E-state index contributed by atoms with van der Waals surface area (Å²) in [4.78, 5) is 23.9. The lowest BCUT2D eigenvalue weighted by Crippen LogP contribution is -2.32. The smallest absolute Gasteiger partial charge is 0.406 e. The summed E-state index contributed by atoms with van der Waals surface area (Å²) in [5, 5.41) is 6.82. The maximum atomic E-state index is 12.2. The molecule has 0 bridgehead atoms. The van der Waals surface area contributed by atoms with Crippen LogP contribution < -0.4 is 15.6 Å². The molecule has 0 unspecified atom stereocenters.